The fourth-order valence-corrected chi connectivity index (χ4v) is 1.49. The van der Waals surface area contributed by atoms with Crippen molar-refractivity contribution in [1.82, 2.24) is 9.78 Å². The van der Waals surface area contributed by atoms with Gasteiger partial charge in [0.05, 0.1) is 0 Å². The summed E-state index contributed by atoms with van der Waals surface area (Å²) in [7, 11) is 5.95. The van der Waals surface area contributed by atoms with Crippen LogP contribution in [-0.4, -0.2) is 48.8 Å². The first-order chi connectivity index (χ1) is 10.2. The zero-order valence-corrected chi connectivity index (χ0v) is 11.2. The lowest BCUT2D eigenvalue weighted by Gasteiger charge is -2.24. The van der Waals surface area contributed by atoms with Crippen molar-refractivity contribution in [2.75, 3.05) is 7.05 Å². The molecule has 0 atom stereocenters. The number of nitrogens with two attached hydrogens (primary N) is 1. The van der Waals surface area contributed by atoms with Crippen LogP contribution in [0.2, 0.25) is 0 Å². The summed E-state index contributed by atoms with van der Waals surface area (Å²) in [6.45, 7) is 0. The van der Waals surface area contributed by atoms with E-state index in [9.17, 15) is 35.1 Å². The molecule has 4 nitrogen and oxygen atoms in total. The Morgan fingerprint density at radius 1 is 1.17 bits per heavy atom. The first-order valence-electron chi connectivity index (χ1n) is 5.53. The molecule has 0 aliphatic rings. The lowest BCUT2D eigenvalue weighted by molar-refractivity contribution is -0.265. The highest BCUT2D eigenvalue weighted by Crippen LogP contribution is 2.43. The van der Waals surface area contributed by atoms with E-state index in [1.807, 2.05) is 0 Å². The van der Waals surface area contributed by atoms with Crippen LogP contribution >= 0.6 is 0 Å². The Hall–Kier alpha value is -2.08. The number of alkyl halides is 8. The van der Waals surface area contributed by atoms with Gasteiger partial charge in [-0.2, -0.15) is 40.2 Å². The summed E-state index contributed by atoms with van der Waals surface area (Å²) in [6, 6.07) is 0. The van der Waals surface area contributed by atoms with Gasteiger partial charge < -0.3 is 5.73 Å². The normalized spacial score (nSPS) is 15.6. The van der Waals surface area contributed by atoms with Crippen LogP contribution in [-0.2, 0) is 0 Å². The highest BCUT2D eigenvalue weighted by atomic mass is 19.4. The van der Waals surface area contributed by atoms with Gasteiger partial charge in [0.2, 0.25) is 0 Å². The molecule has 0 saturated heterocycles. The van der Waals surface area contributed by atoms with Gasteiger partial charge in [-0.15, -0.1) is 0 Å². The molecule has 2 N–H and O–H groups in total. The maximum absolute atomic E-state index is 13.2. The molecule has 0 spiro atoms. The van der Waals surface area contributed by atoms with E-state index in [1.54, 1.807) is 0 Å². The SMILES string of the molecule is [B]c1cnn(C(=NC)C(=C(N)C(F)(F)C(F)(F)F)C(F)(F)F)c1. The largest absolute Gasteiger partial charge is 0.459 e. The van der Waals surface area contributed by atoms with Gasteiger partial charge in [-0.05, 0) is 0 Å². The van der Waals surface area contributed by atoms with Crippen molar-refractivity contribution < 1.29 is 35.1 Å². The highest BCUT2D eigenvalue weighted by molar-refractivity contribution is 6.32. The van der Waals surface area contributed by atoms with E-state index >= 15 is 0 Å². The monoisotopic (exact) mass is 346 g/mol. The third kappa shape index (κ3) is 3.64. The molecule has 2 radical (unpaired) electrons. The molecule has 23 heavy (non-hydrogen) atoms. The molecule has 126 valence electrons. The molecule has 0 aromatic carbocycles. The first-order valence-corrected chi connectivity index (χ1v) is 5.53. The lowest BCUT2D eigenvalue weighted by Crippen LogP contribution is -2.45. The quantitative estimate of drug-likeness (QED) is 0.382. The van der Waals surface area contributed by atoms with E-state index in [2.05, 4.69) is 15.8 Å². The van der Waals surface area contributed by atoms with Crippen LogP contribution in [0.4, 0.5) is 35.1 Å². The fourth-order valence-electron chi connectivity index (χ4n) is 1.49. The van der Waals surface area contributed by atoms with Crippen molar-refractivity contribution in [2.24, 2.45) is 10.7 Å². The number of aliphatic imine (C=N–C) groups is 1. The molecular weight excluding hydrogens is 339 g/mol. The van der Waals surface area contributed by atoms with Crippen molar-refractivity contribution in [1.29, 1.82) is 0 Å². The third-order valence-corrected chi connectivity index (χ3v) is 2.50. The Kier molecular flexibility index (Phi) is 4.83. The minimum atomic E-state index is -6.32. The van der Waals surface area contributed by atoms with Crippen molar-refractivity contribution in [3.05, 3.63) is 23.7 Å². The summed E-state index contributed by atoms with van der Waals surface area (Å²) in [6.07, 6.45) is -10.4. The minimum Gasteiger partial charge on any atom is -0.396 e. The van der Waals surface area contributed by atoms with E-state index in [-0.39, 0.29) is 10.1 Å². The summed E-state index contributed by atoms with van der Waals surface area (Å²) in [5.41, 5.74) is -0.858. The second kappa shape index (κ2) is 5.85. The molecule has 0 aliphatic carbocycles. The second-order valence-electron chi connectivity index (χ2n) is 4.12. The fraction of sp³-hybridized carbons (Fsp3) is 0.400. The number of rotatable bonds is 2. The van der Waals surface area contributed by atoms with E-state index in [1.165, 1.54) is 0 Å². The summed E-state index contributed by atoms with van der Waals surface area (Å²) in [5, 5.41) is 3.29. The predicted octanol–water partition coefficient (Wildman–Crippen LogP) is 1.53. The number of hydrogen-bond donors (Lipinski definition) is 1. The number of hydrogen-bond acceptors (Lipinski definition) is 3. The van der Waals surface area contributed by atoms with E-state index in [0.29, 0.717) is 0 Å². The van der Waals surface area contributed by atoms with Gasteiger partial charge in [0.1, 0.15) is 19.1 Å². The molecule has 1 heterocycles. The van der Waals surface area contributed by atoms with E-state index in [4.69, 9.17) is 7.85 Å². The second-order valence-corrected chi connectivity index (χ2v) is 4.12. The molecule has 0 unspecified atom stereocenters. The van der Waals surface area contributed by atoms with Crippen LogP contribution < -0.4 is 11.2 Å². The Morgan fingerprint density at radius 3 is 2.00 bits per heavy atom. The Labute approximate surface area is 125 Å². The smallest absolute Gasteiger partial charge is 0.396 e. The van der Waals surface area contributed by atoms with Crippen molar-refractivity contribution >= 4 is 19.1 Å². The van der Waals surface area contributed by atoms with Crippen LogP contribution in [0.15, 0.2) is 28.7 Å². The standard InChI is InChI=1S/C10H7BF8N4/c1-21-7(23-3-4(11)2-22-23)5(9(14,15)16)6(20)8(12,13)10(17,18)19/h2-3H,20H2,1H3. The van der Waals surface area contributed by atoms with Crippen LogP contribution in [0.1, 0.15) is 0 Å². The summed E-state index contributed by atoms with van der Waals surface area (Å²) < 4.78 is 103. The topological polar surface area (TPSA) is 56.2 Å². The van der Waals surface area contributed by atoms with Crippen molar-refractivity contribution in [2.45, 2.75) is 18.3 Å². The minimum absolute atomic E-state index is 0.172. The average molecular weight is 346 g/mol. The zero-order valence-electron chi connectivity index (χ0n) is 11.2. The van der Waals surface area contributed by atoms with Gasteiger partial charge in [-0.3, -0.25) is 4.99 Å². The molecule has 1 aromatic rings. The van der Waals surface area contributed by atoms with Crippen LogP contribution in [0.3, 0.4) is 0 Å². The maximum atomic E-state index is 13.2. The first kappa shape index (κ1) is 19.0. The molecule has 0 amide bonds. The average Bonchev–Trinajstić information content (AvgIpc) is 2.78. The number of nitrogens with zero attached hydrogens (tertiary/aromatic N) is 3. The van der Waals surface area contributed by atoms with Crippen LogP contribution in [0.5, 0.6) is 0 Å². The molecule has 0 fully saturated rings. The Morgan fingerprint density at radius 2 is 1.70 bits per heavy atom. The van der Waals surface area contributed by atoms with E-state index < -0.39 is 35.4 Å². The van der Waals surface area contributed by atoms with Gasteiger partial charge in [0, 0.05) is 19.4 Å². The molecular formula is C10H7BF8N4. The molecule has 0 bridgehead atoms. The molecule has 1 aromatic heterocycles. The van der Waals surface area contributed by atoms with Gasteiger partial charge in [-0.25, -0.2) is 4.68 Å². The number of allylic oxidation sites excluding steroid dienone is 2. The molecule has 13 heteroatoms. The van der Waals surface area contributed by atoms with E-state index in [0.717, 1.165) is 19.4 Å². The summed E-state index contributed by atoms with van der Waals surface area (Å²) >= 11 is 0. The van der Waals surface area contributed by atoms with Gasteiger partial charge >= 0.3 is 18.3 Å². The third-order valence-electron chi connectivity index (χ3n) is 2.50. The predicted molar refractivity (Wildman–Crippen MR) is 64.6 cm³/mol. The molecule has 1 rings (SSSR count). The van der Waals surface area contributed by atoms with Crippen LogP contribution in [0.25, 0.3) is 0 Å². The number of halogens is 8. The Balaban J connectivity index is 3.68. The van der Waals surface area contributed by atoms with Gasteiger partial charge in [-0.1, -0.05) is 5.46 Å². The highest BCUT2D eigenvalue weighted by Gasteiger charge is 2.62. The summed E-state index contributed by atoms with van der Waals surface area (Å²) in [4.78, 5) is 3.06. The van der Waals surface area contributed by atoms with Gasteiger partial charge in [0.25, 0.3) is 0 Å². The van der Waals surface area contributed by atoms with Crippen LogP contribution in [0, 0.1) is 0 Å². The summed E-state index contributed by atoms with van der Waals surface area (Å²) in [5.74, 6) is -7.29. The molecule has 0 saturated carbocycles. The van der Waals surface area contributed by atoms with Crippen molar-refractivity contribution in [3.8, 4) is 0 Å². The lowest BCUT2D eigenvalue weighted by atomic mass is 10.0. The molecule has 0 aliphatic heterocycles. The zero-order chi connectivity index (χ0) is 18.2. The maximum Gasteiger partial charge on any atom is 0.459 e. The van der Waals surface area contributed by atoms with Crippen molar-refractivity contribution in [3.63, 3.8) is 0 Å². The van der Waals surface area contributed by atoms with Gasteiger partial charge in [0.15, 0.2) is 5.84 Å². The Bertz CT molecular complexity index is 640. The number of aromatic nitrogens is 2.